The van der Waals surface area contributed by atoms with Gasteiger partial charge in [0.1, 0.15) is 15.8 Å². The molecule has 10 heteroatoms. The number of thiocarbonyl (C=S) groups is 1. The monoisotopic (exact) mass is 460 g/mol. The van der Waals surface area contributed by atoms with E-state index in [-0.39, 0.29) is 24.2 Å². The first-order chi connectivity index (χ1) is 15.0. The third kappa shape index (κ3) is 4.67. The lowest BCUT2D eigenvalue weighted by Gasteiger charge is -2.18. The standard InChI is InChI=1S/C21H24N4O4S2/c1-13-5-6-17-23-18(22-7-3-8-26)15(19(27)24(17)11-13)10-16-20(28)25(21(30)31-16)12-14-4-2-9-29-14/h5-6,10-11,14,22,26H,2-4,7-9,12H2,1H3/b16-10-. The Hall–Kier alpha value is -2.27. The number of nitrogens with one attached hydrogen (secondary N) is 1. The molecule has 0 radical (unpaired) electrons. The number of hydrogen-bond acceptors (Lipinski definition) is 8. The second kappa shape index (κ2) is 9.47. The number of aliphatic hydroxyl groups excluding tert-OH is 1. The number of pyridine rings is 1. The molecule has 31 heavy (non-hydrogen) atoms. The second-order valence-electron chi connectivity index (χ2n) is 7.55. The van der Waals surface area contributed by atoms with E-state index in [1.54, 1.807) is 23.2 Å². The number of aryl methyl sites for hydroxylation is 1. The third-order valence-corrected chi connectivity index (χ3v) is 6.57. The zero-order chi connectivity index (χ0) is 22.0. The fourth-order valence-electron chi connectivity index (χ4n) is 3.59. The molecular formula is C21H24N4O4S2. The number of anilines is 1. The Balaban J connectivity index is 1.71. The van der Waals surface area contributed by atoms with Crippen LogP contribution in [0.3, 0.4) is 0 Å². The zero-order valence-corrected chi connectivity index (χ0v) is 18.8. The summed E-state index contributed by atoms with van der Waals surface area (Å²) in [6.07, 6.45) is 5.69. The number of ether oxygens (including phenoxy) is 1. The first-order valence-corrected chi connectivity index (χ1v) is 11.4. The van der Waals surface area contributed by atoms with Crippen LogP contribution in [0.15, 0.2) is 28.0 Å². The van der Waals surface area contributed by atoms with Crippen molar-refractivity contribution in [1.29, 1.82) is 0 Å². The Morgan fingerprint density at radius 2 is 2.26 bits per heavy atom. The summed E-state index contributed by atoms with van der Waals surface area (Å²) in [4.78, 5) is 32.8. The summed E-state index contributed by atoms with van der Waals surface area (Å²) in [5.74, 6) is 0.159. The molecule has 2 aliphatic heterocycles. The highest BCUT2D eigenvalue weighted by Gasteiger charge is 2.35. The van der Waals surface area contributed by atoms with Crippen molar-refractivity contribution in [1.82, 2.24) is 14.3 Å². The average Bonchev–Trinajstić information content (AvgIpc) is 3.35. The van der Waals surface area contributed by atoms with Crippen molar-refractivity contribution < 1.29 is 14.6 Å². The van der Waals surface area contributed by atoms with E-state index < -0.39 is 0 Å². The van der Waals surface area contributed by atoms with Crippen LogP contribution in [-0.4, -0.2) is 62.0 Å². The van der Waals surface area contributed by atoms with E-state index >= 15 is 0 Å². The van der Waals surface area contributed by atoms with Gasteiger partial charge in [-0.1, -0.05) is 30.0 Å². The van der Waals surface area contributed by atoms with Crippen molar-refractivity contribution in [3.63, 3.8) is 0 Å². The quantitative estimate of drug-likeness (QED) is 0.369. The van der Waals surface area contributed by atoms with Gasteiger partial charge in [-0.25, -0.2) is 4.98 Å². The molecule has 164 valence electrons. The molecule has 2 fully saturated rings. The summed E-state index contributed by atoms with van der Waals surface area (Å²) in [6, 6.07) is 3.66. The summed E-state index contributed by atoms with van der Waals surface area (Å²) in [5.41, 5.74) is 1.44. The maximum Gasteiger partial charge on any atom is 0.267 e. The van der Waals surface area contributed by atoms with Crippen LogP contribution in [0.1, 0.15) is 30.4 Å². The minimum absolute atomic E-state index is 0.00602. The topological polar surface area (TPSA) is 96.2 Å². The van der Waals surface area contributed by atoms with Crippen LogP contribution < -0.4 is 10.9 Å². The Kier molecular flexibility index (Phi) is 6.71. The predicted molar refractivity (Wildman–Crippen MR) is 125 cm³/mol. The molecule has 1 atom stereocenters. The maximum absolute atomic E-state index is 13.3. The zero-order valence-electron chi connectivity index (χ0n) is 17.2. The van der Waals surface area contributed by atoms with Gasteiger partial charge in [-0.15, -0.1) is 0 Å². The molecule has 2 saturated heterocycles. The number of amides is 1. The van der Waals surface area contributed by atoms with Gasteiger partial charge < -0.3 is 15.2 Å². The Labute approximate surface area is 189 Å². The van der Waals surface area contributed by atoms with E-state index in [1.807, 2.05) is 13.0 Å². The smallest absolute Gasteiger partial charge is 0.267 e. The van der Waals surface area contributed by atoms with E-state index in [2.05, 4.69) is 10.3 Å². The van der Waals surface area contributed by atoms with Crippen molar-refractivity contribution in [2.45, 2.75) is 32.3 Å². The number of rotatable bonds is 7. The Bertz CT molecular complexity index is 1110. The fourth-order valence-corrected chi connectivity index (χ4v) is 4.85. The SMILES string of the molecule is Cc1ccc2nc(NCCCO)c(/C=C3\SC(=S)N(CC4CCCO4)C3=O)c(=O)n2c1. The van der Waals surface area contributed by atoms with E-state index in [1.165, 1.54) is 16.2 Å². The number of fused-ring (bicyclic) bond motifs is 1. The van der Waals surface area contributed by atoms with Gasteiger partial charge in [0.15, 0.2) is 0 Å². The van der Waals surface area contributed by atoms with Crippen LogP contribution >= 0.6 is 24.0 Å². The maximum atomic E-state index is 13.3. The summed E-state index contributed by atoms with van der Waals surface area (Å²) in [6.45, 7) is 3.51. The summed E-state index contributed by atoms with van der Waals surface area (Å²) < 4.78 is 7.58. The lowest BCUT2D eigenvalue weighted by molar-refractivity contribution is -0.123. The van der Waals surface area contributed by atoms with Crippen LogP contribution in [0.2, 0.25) is 0 Å². The third-order valence-electron chi connectivity index (χ3n) is 5.19. The van der Waals surface area contributed by atoms with E-state index in [0.29, 0.717) is 52.4 Å². The van der Waals surface area contributed by atoms with Gasteiger partial charge in [0.05, 0.1) is 23.1 Å². The van der Waals surface area contributed by atoms with Gasteiger partial charge in [-0.05, 0) is 43.9 Å². The average molecular weight is 461 g/mol. The molecule has 2 aliphatic rings. The predicted octanol–water partition coefficient (Wildman–Crippen LogP) is 2.18. The number of nitrogens with zero attached hydrogens (tertiary/aromatic N) is 3. The van der Waals surface area contributed by atoms with Crippen molar-refractivity contribution in [2.75, 3.05) is 31.6 Å². The van der Waals surface area contributed by atoms with Crippen LogP contribution in [0.5, 0.6) is 0 Å². The molecule has 4 heterocycles. The highest BCUT2D eigenvalue weighted by atomic mass is 32.2. The molecule has 1 unspecified atom stereocenters. The Morgan fingerprint density at radius 3 is 3.00 bits per heavy atom. The molecule has 2 aromatic rings. The molecule has 2 N–H and O–H groups in total. The molecule has 1 amide bonds. The second-order valence-corrected chi connectivity index (χ2v) is 9.22. The van der Waals surface area contributed by atoms with Gasteiger partial charge in [-0.2, -0.15) is 0 Å². The van der Waals surface area contributed by atoms with Crippen molar-refractivity contribution in [3.8, 4) is 0 Å². The highest BCUT2D eigenvalue weighted by molar-refractivity contribution is 8.26. The van der Waals surface area contributed by atoms with Crippen LogP contribution in [-0.2, 0) is 9.53 Å². The first-order valence-electron chi connectivity index (χ1n) is 10.2. The number of aliphatic hydroxyl groups is 1. The van der Waals surface area contributed by atoms with Crippen LogP contribution in [0.4, 0.5) is 5.82 Å². The number of aromatic nitrogens is 2. The van der Waals surface area contributed by atoms with Crippen molar-refractivity contribution >= 4 is 51.7 Å². The lowest BCUT2D eigenvalue weighted by atomic mass is 10.2. The number of hydrogen-bond donors (Lipinski definition) is 2. The van der Waals surface area contributed by atoms with E-state index in [4.69, 9.17) is 22.1 Å². The molecule has 0 spiro atoms. The normalized spacial score (nSPS) is 20.4. The number of thioether (sulfide) groups is 1. The Morgan fingerprint density at radius 1 is 1.42 bits per heavy atom. The van der Waals surface area contributed by atoms with Gasteiger partial charge >= 0.3 is 0 Å². The largest absolute Gasteiger partial charge is 0.396 e. The van der Waals surface area contributed by atoms with Crippen molar-refractivity contribution in [2.24, 2.45) is 0 Å². The molecule has 0 aromatic carbocycles. The first kappa shape index (κ1) is 21.9. The molecule has 0 bridgehead atoms. The highest BCUT2D eigenvalue weighted by Crippen LogP contribution is 2.34. The van der Waals surface area contributed by atoms with Crippen LogP contribution in [0, 0.1) is 6.92 Å². The van der Waals surface area contributed by atoms with Crippen LogP contribution in [0.25, 0.3) is 11.7 Å². The summed E-state index contributed by atoms with van der Waals surface area (Å²) >= 11 is 6.60. The number of carbonyl (C=O) groups excluding carboxylic acids is 1. The van der Waals surface area contributed by atoms with Gasteiger partial charge in [-0.3, -0.25) is 18.9 Å². The van der Waals surface area contributed by atoms with E-state index in [9.17, 15) is 9.59 Å². The minimum Gasteiger partial charge on any atom is -0.396 e. The molecule has 8 nitrogen and oxygen atoms in total. The molecule has 0 saturated carbocycles. The van der Waals surface area contributed by atoms with Gasteiger partial charge in [0.2, 0.25) is 0 Å². The molecular weight excluding hydrogens is 436 g/mol. The van der Waals surface area contributed by atoms with Gasteiger partial charge in [0, 0.05) is 26.0 Å². The lowest BCUT2D eigenvalue weighted by Crippen LogP contribution is -2.35. The molecule has 2 aromatic heterocycles. The van der Waals surface area contributed by atoms with E-state index in [0.717, 1.165) is 18.4 Å². The minimum atomic E-state index is -0.274. The molecule has 0 aliphatic carbocycles. The number of carbonyl (C=O) groups is 1. The fraction of sp³-hybridized carbons (Fsp3) is 0.429. The van der Waals surface area contributed by atoms with Gasteiger partial charge in [0.25, 0.3) is 11.5 Å². The van der Waals surface area contributed by atoms with Crippen molar-refractivity contribution in [3.05, 3.63) is 44.7 Å². The summed E-state index contributed by atoms with van der Waals surface area (Å²) in [7, 11) is 0. The molecule has 4 rings (SSSR count). The summed E-state index contributed by atoms with van der Waals surface area (Å²) in [5, 5.41) is 12.2.